The van der Waals surface area contributed by atoms with E-state index in [0.29, 0.717) is 0 Å². The van der Waals surface area contributed by atoms with Gasteiger partial charge in [-0.2, -0.15) is 0 Å². The van der Waals surface area contributed by atoms with Crippen molar-refractivity contribution < 1.29 is 9.53 Å². The maximum atomic E-state index is 10.8. The predicted molar refractivity (Wildman–Crippen MR) is 39.7 cm³/mol. The van der Waals surface area contributed by atoms with E-state index in [-0.39, 0.29) is 18.5 Å². The van der Waals surface area contributed by atoms with Crippen molar-refractivity contribution in [3.05, 3.63) is 0 Å². The van der Waals surface area contributed by atoms with Gasteiger partial charge in [-0.3, -0.25) is 4.79 Å². The van der Waals surface area contributed by atoms with Crippen molar-refractivity contribution in [2.45, 2.75) is 32.9 Å². The van der Waals surface area contributed by atoms with E-state index in [0.717, 1.165) is 0 Å². The molecule has 0 heterocycles. The molecular weight excluding hydrogens is 130 g/mol. The average Bonchev–Trinajstić information content (AvgIpc) is 1.82. The van der Waals surface area contributed by atoms with Crippen LogP contribution in [-0.4, -0.2) is 24.5 Å². The van der Waals surface area contributed by atoms with Crippen LogP contribution in [0.15, 0.2) is 0 Å². The van der Waals surface area contributed by atoms with Gasteiger partial charge in [-0.25, -0.2) is 0 Å². The highest BCUT2D eigenvalue weighted by Gasteiger charge is 2.07. The zero-order valence-corrected chi connectivity index (χ0v) is 6.76. The Bertz CT molecular complexity index is 110. The van der Waals surface area contributed by atoms with Gasteiger partial charge in [0.15, 0.2) is 5.78 Å². The summed E-state index contributed by atoms with van der Waals surface area (Å²) in [6.45, 7) is 5.56. The molecular formula is C7H15NO2. The Morgan fingerprint density at radius 3 is 2.30 bits per heavy atom. The third-order valence-corrected chi connectivity index (χ3v) is 1.07. The Balaban J connectivity index is 3.40. The summed E-state index contributed by atoms with van der Waals surface area (Å²) in [5.74, 6) is -0.0475. The molecule has 0 bridgehead atoms. The highest BCUT2D eigenvalue weighted by molar-refractivity contribution is 5.84. The van der Waals surface area contributed by atoms with Gasteiger partial charge in [0.2, 0.25) is 0 Å². The lowest BCUT2D eigenvalue weighted by atomic mass is 10.2. The Hall–Kier alpha value is -0.410. The van der Waals surface area contributed by atoms with Crippen LogP contribution in [0.5, 0.6) is 0 Å². The van der Waals surface area contributed by atoms with Gasteiger partial charge in [-0.15, -0.1) is 0 Å². The van der Waals surface area contributed by atoms with Gasteiger partial charge in [-0.1, -0.05) is 0 Å². The van der Waals surface area contributed by atoms with E-state index in [1.165, 1.54) is 0 Å². The van der Waals surface area contributed by atoms with Crippen molar-refractivity contribution >= 4 is 5.78 Å². The molecule has 2 N–H and O–H groups in total. The van der Waals surface area contributed by atoms with Crippen molar-refractivity contribution in [1.82, 2.24) is 0 Å². The first-order chi connectivity index (χ1) is 4.54. The van der Waals surface area contributed by atoms with Crippen molar-refractivity contribution in [2.24, 2.45) is 5.73 Å². The molecule has 1 unspecified atom stereocenters. The molecule has 0 saturated heterocycles. The number of carbonyl (C=O) groups is 1. The molecule has 0 amide bonds. The van der Waals surface area contributed by atoms with E-state index in [4.69, 9.17) is 10.5 Å². The average molecular weight is 145 g/mol. The van der Waals surface area contributed by atoms with Gasteiger partial charge in [0.05, 0.1) is 12.1 Å². The summed E-state index contributed by atoms with van der Waals surface area (Å²) in [7, 11) is 0. The minimum absolute atomic E-state index is 0.0475. The Morgan fingerprint density at radius 2 is 2.00 bits per heavy atom. The summed E-state index contributed by atoms with van der Waals surface area (Å²) in [6.07, 6.45) is 0.0997. The summed E-state index contributed by atoms with van der Waals surface area (Å²) in [4.78, 5) is 10.8. The highest BCUT2D eigenvalue weighted by atomic mass is 16.5. The smallest absolute Gasteiger partial charge is 0.174 e. The molecule has 0 fully saturated rings. The number of ketones is 1. The molecule has 60 valence electrons. The van der Waals surface area contributed by atoms with Crippen LogP contribution < -0.4 is 5.73 Å². The number of carbonyl (C=O) groups excluding carboxylic acids is 1. The molecule has 0 aliphatic carbocycles. The van der Waals surface area contributed by atoms with E-state index in [1.54, 1.807) is 6.92 Å². The third-order valence-electron chi connectivity index (χ3n) is 1.07. The fourth-order valence-electron chi connectivity index (χ4n) is 0.380. The van der Waals surface area contributed by atoms with Crippen LogP contribution in [0.25, 0.3) is 0 Å². The first kappa shape index (κ1) is 9.59. The molecule has 0 radical (unpaired) electrons. The molecule has 3 nitrogen and oxygen atoms in total. The Morgan fingerprint density at radius 1 is 1.50 bits per heavy atom. The standard InChI is InChI=1S/C7H15NO2/c1-5(2)10-4-7(9)6(3)8/h5-6H,4,8H2,1-3H3. The summed E-state index contributed by atoms with van der Waals surface area (Å²) < 4.78 is 5.04. The number of Topliss-reactive ketones (excluding diaryl/α,β-unsaturated/α-hetero) is 1. The van der Waals surface area contributed by atoms with E-state index in [2.05, 4.69) is 0 Å². The summed E-state index contributed by atoms with van der Waals surface area (Å²) in [5.41, 5.74) is 5.29. The molecule has 0 saturated carbocycles. The van der Waals surface area contributed by atoms with Crippen molar-refractivity contribution in [2.75, 3.05) is 6.61 Å². The van der Waals surface area contributed by atoms with Gasteiger partial charge in [0, 0.05) is 0 Å². The normalized spacial score (nSPS) is 13.7. The van der Waals surface area contributed by atoms with Gasteiger partial charge in [-0.05, 0) is 20.8 Å². The third kappa shape index (κ3) is 4.47. The second kappa shape index (κ2) is 4.41. The fourth-order valence-corrected chi connectivity index (χ4v) is 0.380. The van der Waals surface area contributed by atoms with Crippen molar-refractivity contribution in [3.8, 4) is 0 Å². The van der Waals surface area contributed by atoms with Crippen molar-refractivity contribution in [3.63, 3.8) is 0 Å². The summed E-state index contributed by atoms with van der Waals surface area (Å²) in [5, 5.41) is 0. The van der Waals surface area contributed by atoms with Gasteiger partial charge in [0.25, 0.3) is 0 Å². The number of hydrogen-bond acceptors (Lipinski definition) is 3. The van der Waals surface area contributed by atoms with Crippen LogP contribution in [0, 0.1) is 0 Å². The lowest BCUT2D eigenvalue weighted by Crippen LogP contribution is -2.31. The topological polar surface area (TPSA) is 52.3 Å². The van der Waals surface area contributed by atoms with Crippen LogP contribution in [0.4, 0.5) is 0 Å². The number of hydrogen-bond donors (Lipinski definition) is 1. The highest BCUT2D eigenvalue weighted by Crippen LogP contribution is 1.89. The zero-order chi connectivity index (χ0) is 8.15. The molecule has 0 aliphatic heterocycles. The van der Waals surface area contributed by atoms with Crippen LogP contribution in [0.1, 0.15) is 20.8 Å². The minimum atomic E-state index is -0.404. The maximum absolute atomic E-state index is 10.8. The van der Waals surface area contributed by atoms with Crippen LogP contribution in [-0.2, 0) is 9.53 Å². The molecule has 0 spiro atoms. The maximum Gasteiger partial charge on any atom is 0.174 e. The van der Waals surface area contributed by atoms with Gasteiger partial charge in [0.1, 0.15) is 6.61 Å². The van der Waals surface area contributed by atoms with Crippen molar-refractivity contribution in [1.29, 1.82) is 0 Å². The number of nitrogens with two attached hydrogens (primary N) is 1. The molecule has 0 aromatic rings. The zero-order valence-electron chi connectivity index (χ0n) is 6.76. The lowest BCUT2D eigenvalue weighted by Gasteiger charge is -2.07. The van der Waals surface area contributed by atoms with Crippen LogP contribution in [0.2, 0.25) is 0 Å². The van der Waals surface area contributed by atoms with E-state index >= 15 is 0 Å². The van der Waals surface area contributed by atoms with E-state index < -0.39 is 6.04 Å². The Labute approximate surface area is 61.5 Å². The minimum Gasteiger partial charge on any atom is -0.371 e. The Kier molecular flexibility index (Phi) is 4.23. The van der Waals surface area contributed by atoms with E-state index in [1.807, 2.05) is 13.8 Å². The van der Waals surface area contributed by atoms with Gasteiger partial charge < -0.3 is 10.5 Å². The van der Waals surface area contributed by atoms with Crippen LogP contribution >= 0.6 is 0 Å². The number of ether oxygens (including phenoxy) is 1. The van der Waals surface area contributed by atoms with Gasteiger partial charge >= 0.3 is 0 Å². The molecule has 0 aliphatic rings. The second-order valence-electron chi connectivity index (χ2n) is 2.61. The first-order valence-electron chi connectivity index (χ1n) is 3.44. The molecule has 0 aromatic heterocycles. The quantitative estimate of drug-likeness (QED) is 0.620. The second-order valence-corrected chi connectivity index (χ2v) is 2.61. The molecule has 0 rings (SSSR count). The SMILES string of the molecule is CC(C)OCC(=O)C(C)N. The molecule has 1 atom stereocenters. The summed E-state index contributed by atoms with van der Waals surface area (Å²) in [6, 6.07) is -0.404. The monoisotopic (exact) mass is 145 g/mol. The number of rotatable bonds is 4. The van der Waals surface area contributed by atoms with Crippen LogP contribution in [0.3, 0.4) is 0 Å². The lowest BCUT2D eigenvalue weighted by molar-refractivity contribution is -0.125. The predicted octanol–water partition coefficient (Wildman–Crippen LogP) is 0.328. The molecule has 3 heteroatoms. The molecule has 0 aromatic carbocycles. The fraction of sp³-hybridized carbons (Fsp3) is 0.857. The summed E-state index contributed by atoms with van der Waals surface area (Å²) >= 11 is 0. The van der Waals surface area contributed by atoms with E-state index in [9.17, 15) is 4.79 Å². The largest absolute Gasteiger partial charge is 0.371 e. The first-order valence-corrected chi connectivity index (χ1v) is 3.44. The molecule has 10 heavy (non-hydrogen) atoms.